The number of thiophene rings is 1. The van der Waals surface area contributed by atoms with Gasteiger partial charge in [0.1, 0.15) is 5.82 Å². The zero-order chi connectivity index (χ0) is 14.7. The van der Waals surface area contributed by atoms with Gasteiger partial charge in [-0.25, -0.2) is 4.39 Å². The lowest BCUT2D eigenvalue weighted by Gasteiger charge is -1.92. The Bertz CT molecular complexity index is 816. The number of hydrogen-bond donors (Lipinski definition) is 0. The van der Waals surface area contributed by atoms with Crippen molar-refractivity contribution in [1.29, 1.82) is 0 Å². The van der Waals surface area contributed by atoms with Crippen LogP contribution in [0.25, 0.3) is 10.1 Å². The third-order valence-electron chi connectivity index (χ3n) is 3.26. The van der Waals surface area contributed by atoms with E-state index in [4.69, 9.17) is 0 Å². The molecule has 1 heterocycles. The molecule has 1 aromatic heterocycles. The lowest BCUT2D eigenvalue weighted by Crippen LogP contribution is -1.77. The van der Waals surface area contributed by atoms with Gasteiger partial charge in [0.15, 0.2) is 0 Å². The molecular formula is C19H15FS. The molecule has 0 aliphatic carbocycles. The summed E-state index contributed by atoms with van der Waals surface area (Å²) in [5.41, 5.74) is 1.83. The van der Waals surface area contributed by atoms with Crippen molar-refractivity contribution in [3.8, 4) is 11.8 Å². The second-order valence-corrected chi connectivity index (χ2v) is 6.14. The van der Waals surface area contributed by atoms with Gasteiger partial charge in [-0.15, -0.1) is 11.3 Å². The van der Waals surface area contributed by atoms with E-state index in [1.165, 1.54) is 33.5 Å². The molecule has 0 radical (unpaired) electrons. The SMILES string of the molecule is CCCc1cc2ccc(C#Cc3ccc(F)cc3)cc2s1. The molecule has 21 heavy (non-hydrogen) atoms. The topological polar surface area (TPSA) is 0 Å². The minimum Gasteiger partial charge on any atom is -0.207 e. The predicted octanol–water partition coefficient (Wildman–Crippen LogP) is 5.39. The number of hydrogen-bond acceptors (Lipinski definition) is 1. The smallest absolute Gasteiger partial charge is 0.123 e. The van der Waals surface area contributed by atoms with Crippen molar-refractivity contribution in [2.75, 3.05) is 0 Å². The van der Waals surface area contributed by atoms with Crippen LogP contribution in [0, 0.1) is 17.7 Å². The third kappa shape index (κ3) is 3.32. The average molecular weight is 294 g/mol. The van der Waals surface area contributed by atoms with Crippen molar-refractivity contribution >= 4 is 21.4 Å². The van der Waals surface area contributed by atoms with Crippen molar-refractivity contribution < 1.29 is 4.39 Å². The molecule has 0 bridgehead atoms. The Balaban J connectivity index is 1.89. The summed E-state index contributed by atoms with van der Waals surface area (Å²) < 4.78 is 14.1. The largest absolute Gasteiger partial charge is 0.207 e. The van der Waals surface area contributed by atoms with Crippen LogP contribution < -0.4 is 0 Å². The highest BCUT2D eigenvalue weighted by Gasteiger charge is 2.01. The van der Waals surface area contributed by atoms with Gasteiger partial charge in [-0.2, -0.15) is 0 Å². The lowest BCUT2D eigenvalue weighted by molar-refractivity contribution is 0.627. The highest BCUT2D eigenvalue weighted by Crippen LogP contribution is 2.27. The molecule has 3 aromatic rings. The summed E-state index contributed by atoms with van der Waals surface area (Å²) in [4.78, 5) is 1.43. The van der Waals surface area contributed by atoms with Gasteiger partial charge < -0.3 is 0 Å². The normalized spacial score (nSPS) is 10.4. The number of fused-ring (bicyclic) bond motifs is 1. The second-order valence-electron chi connectivity index (χ2n) is 4.97. The number of aryl methyl sites for hydroxylation is 1. The van der Waals surface area contributed by atoms with E-state index < -0.39 is 0 Å². The van der Waals surface area contributed by atoms with E-state index in [9.17, 15) is 4.39 Å². The first-order valence-electron chi connectivity index (χ1n) is 7.04. The summed E-state index contributed by atoms with van der Waals surface area (Å²) >= 11 is 1.84. The number of benzene rings is 2. The van der Waals surface area contributed by atoms with Crippen LogP contribution in [0.15, 0.2) is 48.5 Å². The fourth-order valence-electron chi connectivity index (χ4n) is 2.21. The van der Waals surface area contributed by atoms with E-state index in [1.54, 1.807) is 12.1 Å². The van der Waals surface area contributed by atoms with Gasteiger partial charge in [0.05, 0.1) is 0 Å². The van der Waals surface area contributed by atoms with Crippen molar-refractivity contribution in [2.24, 2.45) is 0 Å². The monoisotopic (exact) mass is 294 g/mol. The zero-order valence-electron chi connectivity index (χ0n) is 11.8. The van der Waals surface area contributed by atoms with Crippen LogP contribution in [-0.2, 0) is 6.42 Å². The second kappa shape index (κ2) is 6.11. The number of halogens is 1. The Morgan fingerprint density at radius 2 is 1.67 bits per heavy atom. The molecule has 2 aromatic carbocycles. The molecule has 0 unspecified atom stereocenters. The Morgan fingerprint density at radius 1 is 0.952 bits per heavy atom. The molecule has 0 aliphatic rings. The van der Waals surface area contributed by atoms with Crippen LogP contribution in [0.1, 0.15) is 29.3 Å². The van der Waals surface area contributed by atoms with Gasteiger partial charge >= 0.3 is 0 Å². The summed E-state index contributed by atoms with van der Waals surface area (Å²) in [6, 6.07) is 14.8. The van der Waals surface area contributed by atoms with Gasteiger partial charge in [-0.3, -0.25) is 0 Å². The van der Waals surface area contributed by atoms with Crippen LogP contribution in [0.5, 0.6) is 0 Å². The zero-order valence-corrected chi connectivity index (χ0v) is 12.6. The highest BCUT2D eigenvalue weighted by atomic mass is 32.1. The van der Waals surface area contributed by atoms with E-state index >= 15 is 0 Å². The van der Waals surface area contributed by atoms with Crippen LogP contribution in [0.3, 0.4) is 0 Å². The molecule has 0 saturated carbocycles. The first-order chi connectivity index (χ1) is 10.2. The quantitative estimate of drug-likeness (QED) is 0.556. The van der Waals surface area contributed by atoms with E-state index in [0.717, 1.165) is 17.5 Å². The molecule has 0 saturated heterocycles. The van der Waals surface area contributed by atoms with Crippen LogP contribution in [-0.4, -0.2) is 0 Å². The van der Waals surface area contributed by atoms with Crippen molar-refractivity contribution in [3.05, 3.63) is 70.4 Å². The maximum absolute atomic E-state index is 12.8. The van der Waals surface area contributed by atoms with E-state index in [2.05, 4.69) is 37.0 Å². The third-order valence-corrected chi connectivity index (χ3v) is 4.42. The number of rotatable bonds is 2. The fraction of sp³-hybridized carbons (Fsp3) is 0.158. The molecule has 0 aliphatic heterocycles. The first-order valence-corrected chi connectivity index (χ1v) is 7.86. The molecule has 0 spiro atoms. The van der Waals surface area contributed by atoms with Crippen LogP contribution in [0.2, 0.25) is 0 Å². The highest BCUT2D eigenvalue weighted by molar-refractivity contribution is 7.19. The van der Waals surface area contributed by atoms with Gasteiger partial charge in [0, 0.05) is 20.7 Å². The van der Waals surface area contributed by atoms with Crippen LogP contribution in [0.4, 0.5) is 4.39 Å². The lowest BCUT2D eigenvalue weighted by atomic mass is 10.1. The molecule has 0 amide bonds. The Kier molecular flexibility index (Phi) is 4.03. The minimum atomic E-state index is -0.232. The Labute approximate surface area is 128 Å². The molecule has 0 nitrogen and oxygen atoms in total. The van der Waals surface area contributed by atoms with Gasteiger partial charge in [0.25, 0.3) is 0 Å². The van der Waals surface area contributed by atoms with Crippen molar-refractivity contribution in [3.63, 3.8) is 0 Å². The molecule has 3 rings (SSSR count). The maximum atomic E-state index is 12.8. The van der Waals surface area contributed by atoms with E-state index in [1.807, 2.05) is 17.4 Å². The average Bonchev–Trinajstić information content (AvgIpc) is 2.88. The fourth-order valence-corrected chi connectivity index (χ4v) is 3.42. The predicted molar refractivity (Wildman–Crippen MR) is 88.2 cm³/mol. The van der Waals surface area contributed by atoms with Gasteiger partial charge in [-0.05, 0) is 54.3 Å². The Morgan fingerprint density at radius 3 is 2.43 bits per heavy atom. The first kappa shape index (κ1) is 13.9. The van der Waals surface area contributed by atoms with Gasteiger partial charge in [0.2, 0.25) is 0 Å². The van der Waals surface area contributed by atoms with Crippen molar-refractivity contribution in [2.45, 2.75) is 19.8 Å². The summed E-state index contributed by atoms with van der Waals surface area (Å²) in [6.45, 7) is 2.20. The van der Waals surface area contributed by atoms with Crippen molar-refractivity contribution in [1.82, 2.24) is 0 Å². The molecule has 0 N–H and O–H groups in total. The standard InChI is InChI=1S/C19H15FS/c1-2-3-18-13-16-9-6-15(12-19(16)21-18)5-4-14-7-10-17(20)11-8-14/h6-13H,2-3H2,1H3. The summed E-state index contributed by atoms with van der Waals surface area (Å²) in [5, 5.41) is 1.29. The molecule has 104 valence electrons. The van der Waals surface area contributed by atoms with E-state index in [0.29, 0.717) is 0 Å². The maximum Gasteiger partial charge on any atom is 0.123 e. The molecule has 0 fully saturated rings. The molecule has 2 heteroatoms. The summed E-state index contributed by atoms with van der Waals surface area (Å²) in [7, 11) is 0. The Hall–Kier alpha value is -2.11. The summed E-state index contributed by atoms with van der Waals surface area (Å²) in [5.74, 6) is 5.99. The summed E-state index contributed by atoms with van der Waals surface area (Å²) in [6.07, 6.45) is 2.31. The van der Waals surface area contributed by atoms with E-state index in [-0.39, 0.29) is 5.82 Å². The van der Waals surface area contributed by atoms with Crippen LogP contribution >= 0.6 is 11.3 Å². The molecule has 0 atom stereocenters. The molecular weight excluding hydrogens is 279 g/mol. The van der Waals surface area contributed by atoms with Gasteiger partial charge in [-0.1, -0.05) is 31.3 Å². The minimum absolute atomic E-state index is 0.232.